The first-order valence-electron chi connectivity index (χ1n) is 3.62. The Balaban J connectivity index is 3.40. The average Bonchev–Trinajstić information content (AvgIpc) is 2.20. The highest BCUT2D eigenvalue weighted by Gasteiger charge is 2.15. The van der Waals surface area contributed by atoms with E-state index < -0.39 is 0 Å². The standard InChI is InChI=1S/C9H5BrINO2/c10-3-8(13)5-1-2-7(11)9(14)6(5)4-12/h1-2,14H,3H2. The van der Waals surface area contributed by atoms with Gasteiger partial charge in [-0.2, -0.15) is 5.26 Å². The number of hydrogen-bond donors (Lipinski definition) is 1. The molecule has 1 N–H and O–H groups in total. The maximum atomic E-state index is 11.3. The summed E-state index contributed by atoms with van der Waals surface area (Å²) in [6.07, 6.45) is 0. The first kappa shape index (κ1) is 11.5. The third-order valence-electron chi connectivity index (χ3n) is 1.66. The minimum atomic E-state index is -0.215. The summed E-state index contributed by atoms with van der Waals surface area (Å²) in [5, 5.41) is 18.5. The van der Waals surface area contributed by atoms with Crippen molar-refractivity contribution in [3.05, 3.63) is 26.8 Å². The van der Waals surface area contributed by atoms with Crippen LogP contribution in [-0.4, -0.2) is 16.2 Å². The zero-order valence-corrected chi connectivity index (χ0v) is 10.7. The summed E-state index contributed by atoms with van der Waals surface area (Å²) in [4.78, 5) is 11.3. The normalized spacial score (nSPS) is 9.50. The van der Waals surface area contributed by atoms with E-state index in [2.05, 4.69) is 15.9 Å². The van der Waals surface area contributed by atoms with Crippen LogP contribution in [0, 0.1) is 14.9 Å². The van der Waals surface area contributed by atoms with Crippen molar-refractivity contribution in [1.29, 1.82) is 5.26 Å². The number of halogens is 2. The molecule has 0 radical (unpaired) electrons. The van der Waals surface area contributed by atoms with Gasteiger partial charge in [0.05, 0.1) is 8.90 Å². The van der Waals surface area contributed by atoms with Crippen molar-refractivity contribution in [3.8, 4) is 11.8 Å². The minimum absolute atomic E-state index is 0.0429. The van der Waals surface area contributed by atoms with Crippen molar-refractivity contribution in [2.45, 2.75) is 0 Å². The van der Waals surface area contributed by atoms with Crippen LogP contribution in [0.4, 0.5) is 0 Å². The maximum Gasteiger partial charge on any atom is 0.174 e. The highest BCUT2D eigenvalue weighted by atomic mass is 127. The van der Waals surface area contributed by atoms with Crippen molar-refractivity contribution < 1.29 is 9.90 Å². The third kappa shape index (κ3) is 2.07. The zero-order valence-electron chi connectivity index (χ0n) is 6.92. The molecule has 1 aromatic rings. The van der Waals surface area contributed by atoms with Crippen LogP contribution in [0.1, 0.15) is 15.9 Å². The van der Waals surface area contributed by atoms with Crippen LogP contribution in [0.2, 0.25) is 0 Å². The van der Waals surface area contributed by atoms with Gasteiger partial charge in [0.25, 0.3) is 0 Å². The lowest BCUT2D eigenvalue weighted by Gasteiger charge is -2.04. The molecule has 1 rings (SSSR count). The van der Waals surface area contributed by atoms with E-state index in [1.807, 2.05) is 28.7 Å². The second kappa shape index (κ2) is 4.75. The van der Waals surface area contributed by atoms with Gasteiger partial charge in [0.15, 0.2) is 5.78 Å². The van der Waals surface area contributed by atoms with E-state index in [1.54, 1.807) is 12.1 Å². The largest absolute Gasteiger partial charge is 0.505 e. The molecule has 5 heteroatoms. The molecule has 72 valence electrons. The van der Waals surface area contributed by atoms with Gasteiger partial charge in [-0.3, -0.25) is 4.79 Å². The van der Waals surface area contributed by atoms with Gasteiger partial charge in [-0.25, -0.2) is 0 Å². The molecule has 0 aromatic heterocycles. The zero-order chi connectivity index (χ0) is 10.7. The molecule has 0 spiro atoms. The lowest BCUT2D eigenvalue weighted by molar-refractivity contribution is 0.102. The fraction of sp³-hybridized carbons (Fsp3) is 0.111. The molecule has 0 amide bonds. The summed E-state index contributed by atoms with van der Waals surface area (Å²) in [6.45, 7) is 0. The van der Waals surface area contributed by atoms with Crippen molar-refractivity contribution in [2.75, 3.05) is 5.33 Å². The van der Waals surface area contributed by atoms with Crippen molar-refractivity contribution in [3.63, 3.8) is 0 Å². The number of rotatable bonds is 2. The number of phenolic OH excluding ortho intramolecular Hbond substituents is 1. The molecule has 0 aliphatic carbocycles. The van der Waals surface area contributed by atoms with Gasteiger partial charge in [-0.15, -0.1) is 0 Å². The van der Waals surface area contributed by atoms with E-state index >= 15 is 0 Å². The van der Waals surface area contributed by atoms with E-state index in [0.29, 0.717) is 3.57 Å². The van der Waals surface area contributed by atoms with Gasteiger partial charge in [0.2, 0.25) is 0 Å². The smallest absolute Gasteiger partial charge is 0.174 e. The lowest BCUT2D eigenvalue weighted by Crippen LogP contribution is -2.03. The molecule has 0 bridgehead atoms. The predicted molar refractivity (Wildman–Crippen MR) is 63.7 cm³/mol. The Morgan fingerprint density at radius 2 is 2.29 bits per heavy atom. The highest BCUT2D eigenvalue weighted by Crippen LogP contribution is 2.27. The maximum absolute atomic E-state index is 11.3. The fourth-order valence-corrected chi connectivity index (χ4v) is 1.73. The highest BCUT2D eigenvalue weighted by molar-refractivity contribution is 14.1. The molecule has 0 fully saturated rings. The molecule has 0 saturated carbocycles. The van der Waals surface area contributed by atoms with Gasteiger partial charge in [-0.1, -0.05) is 15.9 Å². The Labute approximate surface area is 103 Å². The summed E-state index contributed by atoms with van der Waals surface area (Å²) < 4.78 is 0.560. The summed E-state index contributed by atoms with van der Waals surface area (Å²) in [6, 6.07) is 4.97. The van der Waals surface area contributed by atoms with Gasteiger partial charge in [0.1, 0.15) is 17.4 Å². The summed E-state index contributed by atoms with van der Waals surface area (Å²) in [5.41, 5.74) is 0.295. The number of alkyl halides is 1. The van der Waals surface area contributed by atoms with E-state index in [4.69, 9.17) is 5.26 Å². The quantitative estimate of drug-likeness (QED) is 0.497. The van der Waals surface area contributed by atoms with E-state index in [-0.39, 0.29) is 28.0 Å². The van der Waals surface area contributed by atoms with Crippen LogP contribution in [0.3, 0.4) is 0 Å². The van der Waals surface area contributed by atoms with Crippen LogP contribution in [0.15, 0.2) is 12.1 Å². The monoisotopic (exact) mass is 365 g/mol. The fourth-order valence-electron chi connectivity index (χ4n) is 0.983. The SMILES string of the molecule is N#Cc1c(C(=O)CBr)ccc(I)c1O. The summed E-state index contributed by atoms with van der Waals surface area (Å²) in [7, 11) is 0. The molecule has 0 atom stereocenters. The number of Topliss-reactive ketones (excluding diaryl/α,β-unsaturated/α-hetero) is 1. The summed E-state index contributed by atoms with van der Waals surface area (Å²) in [5.74, 6) is -0.340. The van der Waals surface area contributed by atoms with E-state index in [1.165, 1.54) is 0 Å². The Bertz CT molecular complexity index is 426. The second-order valence-corrected chi connectivity index (χ2v) is 4.21. The lowest BCUT2D eigenvalue weighted by atomic mass is 10.0. The van der Waals surface area contributed by atoms with E-state index in [0.717, 1.165) is 0 Å². The number of ketones is 1. The number of phenols is 1. The molecule has 0 heterocycles. The molecule has 0 aliphatic rings. The van der Waals surface area contributed by atoms with Crippen molar-refractivity contribution in [2.24, 2.45) is 0 Å². The molecule has 0 saturated heterocycles. The topological polar surface area (TPSA) is 61.1 Å². The van der Waals surface area contributed by atoms with Crippen LogP contribution in [0.25, 0.3) is 0 Å². The number of nitrogens with zero attached hydrogens (tertiary/aromatic N) is 1. The van der Waals surface area contributed by atoms with Crippen LogP contribution >= 0.6 is 38.5 Å². The van der Waals surface area contributed by atoms with Crippen LogP contribution in [-0.2, 0) is 0 Å². The van der Waals surface area contributed by atoms with Gasteiger partial charge in [-0.05, 0) is 34.7 Å². The number of carbonyl (C=O) groups excluding carboxylic acids is 1. The molecule has 3 nitrogen and oxygen atoms in total. The molecular weight excluding hydrogens is 361 g/mol. The second-order valence-electron chi connectivity index (χ2n) is 2.49. The number of carbonyl (C=O) groups is 1. The Morgan fingerprint density at radius 3 is 2.79 bits per heavy atom. The predicted octanol–water partition coefficient (Wildman–Crippen LogP) is 2.45. The number of aromatic hydroxyl groups is 1. The first-order chi connectivity index (χ1) is 6.61. The minimum Gasteiger partial charge on any atom is -0.505 e. The molecule has 0 unspecified atom stereocenters. The first-order valence-corrected chi connectivity index (χ1v) is 5.82. The Hall–Kier alpha value is -0.610. The molecule has 1 aromatic carbocycles. The molecular formula is C9H5BrINO2. The Morgan fingerprint density at radius 1 is 1.64 bits per heavy atom. The molecule has 14 heavy (non-hydrogen) atoms. The van der Waals surface area contributed by atoms with Crippen LogP contribution < -0.4 is 0 Å². The van der Waals surface area contributed by atoms with Gasteiger partial charge >= 0.3 is 0 Å². The molecule has 0 aliphatic heterocycles. The number of hydrogen-bond acceptors (Lipinski definition) is 3. The van der Waals surface area contributed by atoms with Gasteiger partial charge < -0.3 is 5.11 Å². The Kier molecular flexibility index (Phi) is 3.89. The average molecular weight is 366 g/mol. The number of nitriles is 1. The van der Waals surface area contributed by atoms with Crippen LogP contribution in [0.5, 0.6) is 5.75 Å². The van der Waals surface area contributed by atoms with Crippen molar-refractivity contribution in [1.82, 2.24) is 0 Å². The summed E-state index contributed by atoms with van der Waals surface area (Å²) >= 11 is 4.92. The third-order valence-corrected chi connectivity index (χ3v) is 3.04. The van der Waals surface area contributed by atoms with E-state index in [9.17, 15) is 9.90 Å². The van der Waals surface area contributed by atoms with Crippen molar-refractivity contribution >= 4 is 44.3 Å². The van der Waals surface area contributed by atoms with Gasteiger partial charge in [0, 0.05) is 5.56 Å². The number of benzene rings is 1.